The van der Waals surface area contributed by atoms with E-state index >= 15 is 0 Å². The number of ether oxygens (including phenoxy) is 2. The van der Waals surface area contributed by atoms with Gasteiger partial charge in [-0.15, -0.1) is 0 Å². The van der Waals surface area contributed by atoms with E-state index in [-0.39, 0.29) is 41.3 Å². The van der Waals surface area contributed by atoms with Crippen LogP contribution in [0.4, 0.5) is 13.2 Å². The Morgan fingerprint density at radius 3 is 2.11 bits per heavy atom. The van der Waals surface area contributed by atoms with Crippen LogP contribution >= 0.6 is 0 Å². The summed E-state index contributed by atoms with van der Waals surface area (Å²) in [7, 11) is 0. The molecule has 0 fully saturated rings. The molecule has 0 saturated carbocycles. The van der Waals surface area contributed by atoms with Crippen molar-refractivity contribution in [2.45, 2.75) is 32.4 Å². The first-order valence-corrected chi connectivity index (χ1v) is 11.5. The zero-order chi connectivity index (χ0) is 27.9. The predicted octanol–water partition coefficient (Wildman–Crippen LogP) is 6.35. The number of hydrogen-bond donors (Lipinski definition) is 1. The van der Waals surface area contributed by atoms with Gasteiger partial charge in [0.1, 0.15) is 23.7 Å². The third kappa shape index (κ3) is 7.83. The molecular formula is C28H26F3NO6. The van der Waals surface area contributed by atoms with Crippen molar-refractivity contribution >= 4 is 18.2 Å². The molecule has 200 valence electrons. The first-order valence-electron chi connectivity index (χ1n) is 11.5. The minimum Gasteiger partial charge on any atom is -0.490 e. The van der Waals surface area contributed by atoms with Crippen molar-refractivity contribution in [1.82, 2.24) is 0 Å². The molecule has 0 aromatic heterocycles. The van der Waals surface area contributed by atoms with Crippen LogP contribution in [0, 0.1) is 0 Å². The summed E-state index contributed by atoms with van der Waals surface area (Å²) in [6, 6.07) is 15.0. The summed E-state index contributed by atoms with van der Waals surface area (Å²) in [4.78, 5) is 29.1. The van der Waals surface area contributed by atoms with Crippen LogP contribution in [-0.4, -0.2) is 36.5 Å². The van der Waals surface area contributed by atoms with Crippen molar-refractivity contribution in [3.8, 4) is 11.5 Å². The highest BCUT2D eigenvalue weighted by atomic mass is 19.4. The molecule has 0 unspecified atom stereocenters. The lowest BCUT2D eigenvalue weighted by atomic mass is 9.87. The largest absolute Gasteiger partial charge is 0.490 e. The summed E-state index contributed by atoms with van der Waals surface area (Å²) in [6.07, 6.45) is -3.00. The van der Waals surface area contributed by atoms with Gasteiger partial charge in [-0.25, -0.2) is 9.59 Å². The van der Waals surface area contributed by atoms with Crippen molar-refractivity contribution in [3.63, 3.8) is 0 Å². The van der Waals surface area contributed by atoms with Crippen molar-refractivity contribution in [2.75, 3.05) is 13.2 Å². The number of esters is 1. The number of alkyl halides is 3. The Kier molecular flexibility index (Phi) is 8.77. The molecule has 0 atom stereocenters. The number of halogens is 3. The van der Waals surface area contributed by atoms with Gasteiger partial charge >= 0.3 is 18.1 Å². The summed E-state index contributed by atoms with van der Waals surface area (Å²) in [5, 5.41) is 13.3. The molecule has 38 heavy (non-hydrogen) atoms. The van der Waals surface area contributed by atoms with Gasteiger partial charge < -0.3 is 19.4 Å². The van der Waals surface area contributed by atoms with Gasteiger partial charge in [0.2, 0.25) is 0 Å². The number of oxime groups is 1. The first kappa shape index (κ1) is 28.2. The lowest BCUT2D eigenvalue weighted by Gasteiger charge is -2.18. The molecule has 0 radical (unpaired) electrons. The molecule has 0 bridgehead atoms. The van der Waals surface area contributed by atoms with Gasteiger partial charge in [-0.1, -0.05) is 50.2 Å². The summed E-state index contributed by atoms with van der Waals surface area (Å²) in [5.74, 6) is -2.51. The number of aromatic carboxylic acids is 1. The molecule has 0 saturated heterocycles. The fourth-order valence-electron chi connectivity index (χ4n) is 3.22. The molecule has 3 rings (SSSR count). The number of carbonyl (C=O) groups excluding carboxylic acids is 1. The average Bonchev–Trinajstić information content (AvgIpc) is 2.85. The van der Waals surface area contributed by atoms with E-state index in [1.807, 2.05) is 24.3 Å². The zero-order valence-electron chi connectivity index (χ0n) is 20.9. The van der Waals surface area contributed by atoms with Gasteiger partial charge in [-0.3, -0.25) is 0 Å². The van der Waals surface area contributed by atoms with Crippen LogP contribution in [-0.2, 0) is 16.4 Å². The fourth-order valence-corrected chi connectivity index (χ4v) is 3.22. The molecule has 0 aliphatic heterocycles. The van der Waals surface area contributed by atoms with E-state index in [2.05, 4.69) is 25.9 Å². The van der Waals surface area contributed by atoms with Crippen LogP contribution in [0.2, 0.25) is 0 Å². The highest BCUT2D eigenvalue weighted by molar-refractivity contribution is 5.95. The molecule has 0 aliphatic rings. The maximum absolute atomic E-state index is 12.7. The summed E-state index contributed by atoms with van der Waals surface area (Å²) >= 11 is 0. The van der Waals surface area contributed by atoms with Gasteiger partial charge in [-0.2, -0.15) is 13.2 Å². The smallest absolute Gasteiger partial charge is 0.416 e. The molecule has 0 heterocycles. The number of benzene rings is 3. The number of carboxylic acid groups (broad SMARTS) is 1. The maximum Gasteiger partial charge on any atom is 0.416 e. The molecule has 7 nitrogen and oxygen atoms in total. The van der Waals surface area contributed by atoms with Gasteiger partial charge in [0.25, 0.3) is 0 Å². The second kappa shape index (κ2) is 11.8. The third-order valence-electron chi connectivity index (χ3n) is 5.33. The van der Waals surface area contributed by atoms with Crippen LogP contribution in [0.15, 0.2) is 71.9 Å². The van der Waals surface area contributed by atoms with Crippen LogP contribution in [0.3, 0.4) is 0 Å². The number of rotatable bonds is 9. The molecule has 1 N–H and O–H groups in total. The molecule has 0 amide bonds. The van der Waals surface area contributed by atoms with Gasteiger partial charge in [0.15, 0.2) is 6.61 Å². The summed E-state index contributed by atoms with van der Waals surface area (Å²) in [6.45, 7) is 6.51. The van der Waals surface area contributed by atoms with E-state index in [1.54, 1.807) is 6.21 Å². The van der Waals surface area contributed by atoms with E-state index in [9.17, 15) is 27.9 Å². The lowest BCUT2D eigenvalue weighted by molar-refractivity contribution is -0.137. The van der Waals surface area contributed by atoms with Crippen molar-refractivity contribution in [2.24, 2.45) is 5.16 Å². The summed E-state index contributed by atoms with van der Waals surface area (Å²) < 4.78 is 48.9. The van der Waals surface area contributed by atoms with Crippen molar-refractivity contribution in [3.05, 3.63) is 94.5 Å². The zero-order valence-corrected chi connectivity index (χ0v) is 20.9. The maximum atomic E-state index is 12.7. The Labute approximate surface area is 217 Å². The molecule has 10 heteroatoms. The number of hydrogen-bond acceptors (Lipinski definition) is 6. The van der Waals surface area contributed by atoms with E-state index < -0.39 is 23.7 Å². The summed E-state index contributed by atoms with van der Waals surface area (Å²) in [5.41, 5.74) is 0.675. The highest BCUT2D eigenvalue weighted by Crippen LogP contribution is 2.30. The molecule has 0 aliphatic carbocycles. The van der Waals surface area contributed by atoms with Crippen LogP contribution < -0.4 is 9.47 Å². The molecule has 0 spiro atoms. The Bertz CT molecular complexity index is 1290. The van der Waals surface area contributed by atoms with Crippen molar-refractivity contribution < 1.29 is 42.2 Å². The first-order chi connectivity index (χ1) is 17.8. The van der Waals surface area contributed by atoms with Gasteiger partial charge in [0.05, 0.1) is 17.3 Å². The Morgan fingerprint density at radius 2 is 1.53 bits per heavy atom. The topological polar surface area (TPSA) is 94.4 Å². The molecule has 3 aromatic carbocycles. The quantitative estimate of drug-likeness (QED) is 0.114. The van der Waals surface area contributed by atoms with E-state index in [0.29, 0.717) is 0 Å². The van der Waals surface area contributed by atoms with E-state index in [0.717, 1.165) is 29.8 Å². The van der Waals surface area contributed by atoms with Crippen molar-refractivity contribution in [1.29, 1.82) is 0 Å². The monoisotopic (exact) mass is 529 g/mol. The van der Waals surface area contributed by atoms with Gasteiger partial charge in [0, 0.05) is 6.07 Å². The van der Waals surface area contributed by atoms with Crippen LogP contribution in [0.25, 0.3) is 0 Å². The van der Waals surface area contributed by atoms with E-state index in [1.165, 1.54) is 23.8 Å². The number of carbonyl (C=O) groups is 2. The molecular weight excluding hydrogens is 503 g/mol. The standard InChI is InChI=1S/C28H26F3NO6/c1-27(2,3)20-8-4-18(5-9-20)17-32-37-15-14-36-22-12-13-23(25(33)34)24(16-22)38-26(35)19-6-10-21(11-7-19)28(29,30)31/h4-13,16-17H,14-15H2,1-3H3,(H,33,34)/b32-17+. The fraction of sp³-hybridized carbons (Fsp3) is 0.250. The Balaban J connectivity index is 1.57. The van der Waals surface area contributed by atoms with Crippen LogP contribution in [0.5, 0.6) is 11.5 Å². The number of carboxylic acids is 1. The van der Waals surface area contributed by atoms with Gasteiger partial charge in [-0.05, 0) is 52.9 Å². The Hall–Kier alpha value is -4.34. The average molecular weight is 530 g/mol. The second-order valence-electron chi connectivity index (χ2n) is 9.22. The Morgan fingerprint density at radius 1 is 0.895 bits per heavy atom. The highest BCUT2D eigenvalue weighted by Gasteiger charge is 2.30. The van der Waals surface area contributed by atoms with Crippen LogP contribution in [0.1, 0.15) is 58.2 Å². The number of nitrogens with zero attached hydrogens (tertiary/aromatic N) is 1. The minimum absolute atomic E-state index is 0.0482. The normalized spacial score (nSPS) is 11.8. The van der Waals surface area contributed by atoms with E-state index in [4.69, 9.17) is 14.3 Å². The SMILES string of the molecule is CC(C)(C)c1ccc(/C=N/OCCOc2ccc(C(=O)O)c(OC(=O)c3ccc(C(F)(F)F)cc3)c2)cc1. The predicted molar refractivity (Wildman–Crippen MR) is 134 cm³/mol. The second-order valence-corrected chi connectivity index (χ2v) is 9.22. The molecule has 3 aromatic rings. The third-order valence-corrected chi connectivity index (χ3v) is 5.33. The lowest BCUT2D eigenvalue weighted by Crippen LogP contribution is -2.13. The minimum atomic E-state index is -4.56.